The molecule has 0 aromatic carbocycles. The van der Waals surface area contributed by atoms with Crippen LogP contribution in [0.3, 0.4) is 0 Å². The molecule has 0 spiro atoms. The van der Waals surface area contributed by atoms with Crippen molar-refractivity contribution >= 4 is 6.34 Å². The van der Waals surface area contributed by atoms with Gasteiger partial charge in [-0.3, -0.25) is 0 Å². The van der Waals surface area contributed by atoms with Gasteiger partial charge in [0.1, 0.15) is 20.1 Å². The summed E-state index contributed by atoms with van der Waals surface area (Å²) in [6.45, 7) is 3.35. The molecule has 0 bridgehead atoms. The average Bonchev–Trinajstić information content (AvgIpc) is 2.12. The van der Waals surface area contributed by atoms with Crippen LogP contribution in [0.25, 0.3) is 0 Å². The Morgan fingerprint density at radius 2 is 2.40 bits per heavy atom. The van der Waals surface area contributed by atoms with Gasteiger partial charge in [0.05, 0.1) is 13.7 Å². The Hall–Kier alpha value is -0.410. The molecular weight excluding hydrogens is 128 g/mol. The minimum absolute atomic E-state index is 0.279. The summed E-state index contributed by atoms with van der Waals surface area (Å²) in [5, 5.41) is 8.72. The fourth-order valence-corrected chi connectivity index (χ4v) is 1.38. The first-order valence-electron chi connectivity index (χ1n) is 3.68. The first-order valence-corrected chi connectivity index (χ1v) is 3.68. The Labute approximate surface area is 61.8 Å². The Morgan fingerprint density at radius 1 is 1.70 bits per heavy atom. The quantitative estimate of drug-likeness (QED) is 0.394. The van der Waals surface area contributed by atoms with Gasteiger partial charge in [-0.25, -0.2) is 4.48 Å². The zero-order valence-corrected chi connectivity index (χ0v) is 6.75. The highest BCUT2D eigenvalue weighted by Crippen LogP contribution is 2.01. The lowest BCUT2D eigenvalue weighted by Gasteiger charge is -2.19. The number of nitrogens with zero attached hydrogens (tertiary/aromatic N) is 2. The second kappa shape index (κ2) is 2.68. The van der Waals surface area contributed by atoms with E-state index in [4.69, 9.17) is 5.11 Å². The van der Waals surface area contributed by atoms with Crippen molar-refractivity contribution in [2.75, 3.05) is 40.3 Å². The van der Waals surface area contributed by atoms with E-state index in [9.17, 15) is 0 Å². The molecule has 0 aliphatic carbocycles. The van der Waals surface area contributed by atoms with Crippen LogP contribution in [0, 0.1) is 0 Å². The lowest BCUT2D eigenvalue weighted by molar-refractivity contribution is -0.809. The van der Waals surface area contributed by atoms with Crippen LogP contribution in [0.2, 0.25) is 0 Å². The second-order valence-electron chi connectivity index (χ2n) is 3.25. The molecule has 3 nitrogen and oxygen atoms in total. The van der Waals surface area contributed by atoms with Gasteiger partial charge < -0.3 is 5.11 Å². The van der Waals surface area contributed by atoms with Crippen LogP contribution in [0.4, 0.5) is 0 Å². The molecule has 1 rings (SSSR count). The summed E-state index contributed by atoms with van der Waals surface area (Å²) < 4.78 is 3.06. The van der Waals surface area contributed by atoms with Crippen LogP contribution in [-0.2, 0) is 0 Å². The maximum atomic E-state index is 8.72. The molecule has 0 aromatic rings. The fraction of sp³-hybridized carbons (Fsp3) is 0.857. The van der Waals surface area contributed by atoms with Crippen molar-refractivity contribution in [1.82, 2.24) is 0 Å². The summed E-state index contributed by atoms with van der Waals surface area (Å²) in [7, 11) is 4.21. The summed E-state index contributed by atoms with van der Waals surface area (Å²) >= 11 is 0. The van der Waals surface area contributed by atoms with E-state index in [1.807, 2.05) is 0 Å². The van der Waals surface area contributed by atoms with Crippen LogP contribution in [0.15, 0.2) is 0 Å². The van der Waals surface area contributed by atoms with Crippen molar-refractivity contribution in [3.63, 3.8) is 0 Å². The Kier molecular flexibility index (Phi) is 2.06. The highest BCUT2D eigenvalue weighted by Gasteiger charge is 2.30. The Balaban J connectivity index is 2.54. The van der Waals surface area contributed by atoms with Gasteiger partial charge in [-0.15, -0.1) is 0 Å². The van der Waals surface area contributed by atoms with Crippen molar-refractivity contribution < 1.29 is 14.2 Å². The molecule has 0 saturated carbocycles. The molecule has 58 valence electrons. The molecule has 0 saturated heterocycles. The summed E-state index contributed by atoms with van der Waals surface area (Å²) in [4.78, 5) is 0. The van der Waals surface area contributed by atoms with E-state index in [1.54, 1.807) is 0 Å². The molecule has 1 aliphatic rings. The fourth-order valence-electron chi connectivity index (χ4n) is 1.38. The Morgan fingerprint density at radius 3 is 2.80 bits per heavy atom. The second-order valence-corrected chi connectivity index (χ2v) is 3.25. The van der Waals surface area contributed by atoms with Crippen LogP contribution in [0.1, 0.15) is 0 Å². The van der Waals surface area contributed by atoms with Crippen LogP contribution in [0.5, 0.6) is 0 Å². The van der Waals surface area contributed by atoms with E-state index in [-0.39, 0.29) is 6.61 Å². The summed E-state index contributed by atoms with van der Waals surface area (Å²) in [5.41, 5.74) is 0. The van der Waals surface area contributed by atoms with Crippen LogP contribution >= 0.6 is 0 Å². The number of likely N-dealkylation sites (N-methyl/N-ethyl adjacent to an activating group) is 2. The van der Waals surface area contributed by atoms with E-state index in [2.05, 4.69) is 25.0 Å². The first-order chi connectivity index (χ1) is 4.66. The van der Waals surface area contributed by atoms with E-state index in [1.165, 1.54) is 0 Å². The van der Waals surface area contributed by atoms with Crippen LogP contribution in [-0.4, -0.2) is 60.8 Å². The van der Waals surface area contributed by atoms with Crippen molar-refractivity contribution in [3.05, 3.63) is 0 Å². The van der Waals surface area contributed by atoms with Gasteiger partial charge in [-0.1, -0.05) is 0 Å². The summed E-state index contributed by atoms with van der Waals surface area (Å²) in [6.07, 6.45) is 2.16. The number of quaternary nitrogens is 1. The SMILES string of the molecule is C[N+]1=C[N+](C)(CCO)CC1. The third-order valence-corrected chi connectivity index (χ3v) is 2.05. The number of rotatable bonds is 2. The van der Waals surface area contributed by atoms with E-state index in [0.29, 0.717) is 0 Å². The lowest BCUT2D eigenvalue weighted by atomic mass is 10.4. The lowest BCUT2D eigenvalue weighted by Crippen LogP contribution is -2.43. The van der Waals surface area contributed by atoms with Gasteiger partial charge >= 0.3 is 6.34 Å². The molecule has 0 aromatic heterocycles. The van der Waals surface area contributed by atoms with Crippen LogP contribution < -0.4 is 0 Å². The minimum atomic E-state index is 0.279. The van der Waals surface area contributed by atoms with Gasteiger partial charge in [0.2, 0.25) is 0 Å². The maximum absolute atomic E-state index is 8.72. The third-order valence-electron chi connectivity index (χ3n) is 2.05. The first kappa shape index (κ1) is 7.69. The molecular formula is C7H16N2O+2. The summed E-state index contributed by atoms with van der Waals surface area (Å²) in [5.74, 6) is 0. The normalized spacial score (nSPS) is 32.5. The van der Waals surface area contributed by atoms with Crippen molar-refractivity contribution in [1.29, 1.82) is 0 Å². The van der Waals surface area contributed by atoms with Gasteiger partial charge in [-0.05, 0) is 0 Å². The molecule has 0 radical (unpaired) electrons. The molecule has 1 unspecified atom stereocenters. The third kappa shape index (κ3) is 1.55. The topological polar surface area (TPSA) is 23.2 Å². The number of hydrogen-bond donors (Lipinski definition) is 1. The highest BCUT2D eigenvalue weighted by molar-refractivity contribution is 5.40. The molecule has 1 atom stereocenters. The smallest absolute Gasteiger partial charge is 0.326 e. The molecule has 1 aliphatic heterocycles. The van der Waals surface area contributed by atoms with Gasteiger partial charge in [-0.2, -0.15) is 4.58 Å². The van der Waals surface area contributed by atoms with E-state index >= 15 is 0 Å². The number of hydrogen-bond acceptors (Lipinski definition) is 1. The highest BCUT2D eigenvalue weighted by atomic mass is 16.3. The van der Waals surface area contributed by atoms with Gasteiger partial charge in [0.25, 0.3) is 0 Å². The largest absolute Gasteiger partial charge is 0.390 e. The summed E-state index contributed by atoms with van der Waals surface area (Å²) in [6, 6.07) is 0. The monoisotopic (exact) mass is 144 g/mol. The van der Waals surface area contributed by atoms with Gasteiger partial charge in [0, 0.05) is 0 Å². The molecule has 1 N–H and O–H groups in total. The maximum Gasteiger partial charge on any atom is 0.326 e. The predicted molar refractivity (Wildman–Crippen MR) is 40.1 cm³/mol. The predicted octanol–water partition coefficient (Wildman–Crippen LogP) is -0.890. The molecule has 0 amide bonds. The molecule has 3 heteroatoms. The minimum Gasteiger partial charge on any atom is -0.390 e. The van der Waals surface area contributed by atoms with Crippen molar-refractivity contribution in [2.24, 2.45) is 0 Å². The molecule has 1 heterocycles. The zero-order chi connectivity index (χ0) is 7.61. The van der Waals surface area contributed by atoms with Gasteiger partial charge in [0.15, 0.2) is 6.54 Å². The van der Waals surface area contributed by atoms with E-state index < -0.39 is 0 Å². The van der Waals surface area contributed by atoms with Crippen molar-refractivity contribution in [3.8, 4) is 0 Å². The number of aliphatic hydroxyl groups is 1. The van der Waals surface area contributed by atoms with E-state index in [0.717, 1.165) is 24.1 Å². The average molecular weight is 144 g/mol. The molecule has 0 fully saturated rings. The molecule has 10 heavy (non-hydrogen) atoms. The standard InChI is InChI=1S/C7H16N2O/c1-8-3-4-9(2,7-8)5-6-10/h7,10H,3-6H2,1-2H3/q+2. The zero-order valence-electron chi connectivity index (χ0n) is 6.75. The van der Waals surface area contributed by atoms with Crippen molar-refractivity contribution in [2.45, 2.75) is 0 Å². The Bertz CT molecular complexity index is 156. The number of aliphatic hydroxyl groups excluding tert-OH is 1.